The van der Waals surface area contributed by atoms with Gasteiger partial charge >= 0.3 is 5.97 Å². The Hall–Kier alpha value is -1.44. The van der Waals surface area contributed by atoms with Crippen molar-refractivity contribution in [2.24, 2.45) is 0 Å². The van der Waals surface area contributed by atoms with Crippen molar-refractivity contribution in [2.75, 3.05) is 19.7 Å². The Balaban J connectivity index is 2.87. The Morgan fingerprint density at radius 1 is 1.25 bits per heavy atom. The molecule has 0 radical (unpaired) electrons. The van der Waals surface area contributed by atoms with E-state index in [-0.39, 0.29) is 26.2 Å². The first-order valence-corrected chi connectivity index (χ1v) is 7.88. The maximum Gasteiger partial charge on any atom is 0.321 e. The number of esters is 1. The highest BCUT2D eigenvalue weighted by molar-refractivity contribution is 7.87. The molecule has 0 spiro atoms. The van der Waals surface area contributed by atoms with Crippen LogP contribution in [0.5, 0.6) is 0 Å². The average Bonchev–Trinajstić information content (AvgIpc) is 2.39. The Bertz CT molecular complexity index is 516. The van der Waals surface area contributed by atoms with Crippen LogP contribution in [0.25, 0.3) is 0 Å². The van der Waals surface area contributed by atoms with E-state index < -0.39 is 16.2 Å². The van der Waals surface area contributed by atoms with Gasteiger partial charge in [-0.05, 0) is 12.5 Å². The van der Waals surface area contributed by atoms with Crippen LogP contribution in [0.1, 0.15) is 19.4 Å². The zero-order valence-corrected chi connectivity index (χ0v) is 12.5. The van der Waals surface area contributed by atoms with Crippen LogP contribution in [0.15, 0.2) is 30.3 Å². The highest BCUT2D eigenvalue weighted by atomic mass is 32.2. The first kappa shape index (κ1) is 16.6. The Kier molecular flexibility index (Phi) is 6.63. The molecular weight excluding hydrogens is 280 g/mol. The number of ether oxygens (including phenoxy) is 1. The number of nitrogens with one attached hydrogen (secondary N) is 1. The smallest absolute Gasteiger partial charge is 0.321 e. The molecule has 112 valence electrons. The minimum absolute atomic E-state index is 0.120. The van der Waals surface area contributed by atoms with Crippen LogP contribution in [0.2, 0.25) is 0 Å². The van der Waals surface area contributed by atoms with Crippen LogP contribution < -0.4 is 4.72 Å². The fourth-order valence-electron chi connectivity index (χ4n) is 1.64. The summed E-state index contributed by atoms with van der Waals surface area (Å²) < 4.78 is 32.4. The van der Waals surface area contributed by atoms with Gasteiger partial charge in [0.15, 0.2) is 0 Å². The van der Waals surface area contributed by atoms with Gasteiger partial charge in [-0.15, -0.1) is 0 Å². The molecule has 0 fully saturated rings. The van der Waals surface area contributed by atoms with E-state index in [9.17, 15) is 13.2 Å². The van der Waals surface area contributed by atoms with Crippen molar-refractivity contribution in [1.82, 2.24) is 9.03 Å². The van der Waals surface area contributed by atoms with E-state index in [1.165, 1.54) is 0 Å². The topological polar surface area (TPSA) is 75.7 Å². The van der Waals surface area contributed by atoms with E-state index >= 15 is 0 Å². The lowest BCUT2D eigenvalue weighted by Gasteiger charge is -2.21. The fourth-order valence-corrected chi connectivity index (χ4v) is 2.78. The molecule has 0 unspecified atom stereocenters. The lowest BCUT2D eigenvalue weighted by Crippen LogP contribution is -2.43. The maximum atomic E-state index is 12.1. The number of nitrogens with zero attached hydrogens (tertiary/aromatic N) is 1. The Morgan fingerprint density at radius 2 is 1.90 bits per heavy atom. The zero-order chi connectivity index (χ0) is 15.0. The molecule has 1 aromatic rings. The Labute approximate surface area is 119 Å². The lowest BCUT2D eigenvalue weighted by atomic mass is 10.2. The molecule has 0 aliphatic heterocycles. The van der Waals surface area contributed by atoms with Crippen LogP contribution in [0.3, 0.4) is 0 Å². The minimum Gasteiger partial charge on any atom is -0.465 e. The fraction of sp³-hybridized carbons (Fsp3) is 0.462. The molecule has 0 bridgehead atoms. The summed E-state index contributed by atoms with van der Waals surface area (Å²) in [7, 11) is -3.70. The van der Waals surface area contributed by atoms with Gasteiger partial charge in [-0.2, -0.15) is 12.7 Å². The SMILES string of the molecule is CCNS(=O)(=O)N(CC(=O)OCC)Cc1ccccc1. The van der Waals surface area contributed by atoms with Crippen molar-refractivity contribution >= 4 is 16.2 Å². The number of rotatable bonds is 8. The second-order valence-corrected chi connectivity index (χ2v) is 5.82. The Morgan fingerprint density at radius 3 is 2.45 bits per heavy atom. The summed E-state index contributed by atoms with van der Waals surface area (Å²) in [5.74, 6) is -0.565. The molecule has 6 nitrogen and oxygen atoms in total. The molecule has 0 amide bonds. The second kappa shape index (κ2) is 7.98. The normalized spacial score (nSPS) is 11.6. The van der Waals surface area contributed by atoms with Crippen molar-refractivity contribution in [2.45, 2.75) is 20.4 Å². The summed E-state index contributed by atoms with van der Waals surface area (Å²) in [6.07, 6.45) is 0. The van der Waals surface area contributed by atoms with Crippen molar-refractivity contribution < 1.29 is 17.9 Å². The molecule has 0 saturated carbocycles. The summed E-state index contributed by atoms with van der Waals surface area (Å²) in [6.45, 7) is 3.66. The minimum atomic E-state index is -3.70. The monoisotopic (exact) mass is 300 g/mol. The van der Waals surface area contributed by atoms with Gasteiger partial charge in [0.05, 0.1) is 6.61 Å². The van der Waals surface area contributed by atoms with Gasteiger partial charge in [0.2, 0.25) is 0 Å². The average molecular weight is 300 g/mol. The predicted octanol–water partition coefficient (Wildman–Crippen LogP) is 0.906. The van der Waals surface area contributed by atoms with Gasteiger partial charge < -0.3 is 4.74 Å². The van der Waals surface area contributed by atoms with Crippen LogP contribution in [0, 0.1) is 0 Å². The quantitative estimate of drug-likeness (QED) is 0.724. The van der Waals surface area contributed by atoms with E-state index in [4.69, 9.17) is 4.74 Å². The van der Waals surface area contributed by atoms with Gasteiger partial charge in [-0.1, -0.05) is 37.3 Å². The molecule has 0 saturated heterocycles. The first-order valence-electron chi connectivity index (χ1n) is 6.43. The predicted molar refractivity (Wildman–Crippen MR) is 76.1 cm³/mol. The highest BCUT2D eigenvalue weighted by Gasteiger charge is 2.24. The molecule has 1 rings (SSSR count). The second-order valence-electron chi connectivity index (χ2n) is 4.06. The molecule has 0 aromatic heterocycles. The third-order valence-electron chi connectivity index (χ3n) is 2.48. The molecule has 20 heavy (non-hydrogen) atoms. The van der Waals surface area contributed by atoms with Crippen molar-refractivity contribution in [3.63, 3.8) is 0 Å². The molecule has 1 aromatic carbocycles. The van der Waals surface area contributed by atoms with E-state index in [1.807, 2.05) is 18.2 Å². The maximum absolute atomic E-state index is 12.1. The van der Waals surface area contributed by atoms with Gasteiger partial charge in [0, 0.05) is 13.1 Å². The van der Waals surface area contributed by atoms with Gasteiger partial charge in [-0.25, -0.2) is 4.72 Å². The number of benzene rings is 1. The summed E-state index contributed by atoms with van der Waals surface area (Å²) >= 11 is 0. The van der Waals surface area contributed by atoms with Crippen molar-refractivity contribution in [3.8, 4) is 0 Å². The standard InChI is InChI=1S/C13H20N2O4S/c1-3-14-20(17,18)15(11-13(16)19-4-2)10-12-8-6-5-7-9-12/h5-9,14H,3-4,10-11H2,1-2H3. The molecule has 7 heteroatoms. The summed E-state index contributed by atoms with van der Waals surface area (Å²) in [4.78, 5) is 11.5. The molecule has 0 aliphatic rings. The number of carbonyl (C=O) groups is 1. The molecule has 0 heterocycles. The molecular formula is C13H20N2O4S. The van der Waals surface area contributed by atoms with Crippen LogP contribution >= 0.6 is 0 Å². The number of hydrogen-bond acceptors (Lipinski definition) is 4. The van der Waals surface area contributed by atoms with Gasteiger partial charge in [0.25, 0.3) is 10.2 Å². The zero-order valence-electron chi connectivity index (χ0n) is 11.7. The third kappa shape index (κ3) is 5.28. The third-order valence-corrected chi connectivity index (χ3v) is 4.07. The van der Waals surface area contributed by atoms with E-state index in [1.54, 1.807) is 26.0 Å². The largest absolute Gasteiger partial charge is 0.465 e. The summed E-state index contributed by atoms with van der Waals surface area (Å²) in [5, 5.41) is 0. The number of carbonyl (C=O) groups excluding carboxylic acids is 1. The van der Waals surface area contributed by atoms with Crippen molar-refractivity contribution in [1.29, 1.82) is 0 Å². The molecule has 0 atom stereocenters. The first-order chi connectivity index (χ1) is 9.49. The molecule has 1 N–H and O–H groups in total. The van der Waals surface area contributed by atoms with Gasteiger partial charge in [0.1, 0.15) is 6.54 Å². The summed E-state index contributed by atoms with van der Waals surface area (Å²) in [6, 6.07) is 9.09. The van der Waals surface area contributed by atoms with Crippen LogP contribution in [-0.2, 0) is 26.3 Å². The van der Waals surface area contributed by atoms with Crippen LogP contribution in [0.4, 0.5) is 0 Å². The molecule has 0 aliphatic carbocycles. The van der Waals surface area contributed by atoms with Crippen molar-refractivity contribution in [3.05, 3.63) is 35.9 Å². The van der Waals surface area contributed by atoms with E-state index in [0.29, 0.717) is 0 Å². The lowest BCUT2D eigenvalue weighted by molar-refractivity contribution is -0.143. The van der Waals surface area contributed by atoms with Gasteiger partial charge in [-0.3, -0.25) is 4.79 Å². The summed E-state index contributed by atoms with van der Waals surface area (Å²) in [5.41, 5.74) is 0.804. The van der Waals surface area contributed by atoms with E-state index in [0.717, 1.165) is 9.87 Å². The van der Waals surface area contributed by atoms with Crippen LogP contribution in [-0.4, -0.2) is 38.4 Å². The number of hydrogen-bond donors (Lipinski definition) is 1. The highest BCUT2D eigenvalue weighted by Crippen LogP contribution is 2.08. The van der Waals surface area contributed by atoms with E-state index in [2.05, 4.69) is 4.72 Å².